The van der Waals surface area contributed by atoms with Gasteiger partial charge in [0.1, 0.15) is 12.2 Å². The lowest BCUT2D eigenvalue weighted by Gasteiger charge is -2.37. The summed E-state index contributed by atoms with van der Waals surface area (Å²) >= 11 is 0. The van der Waals surface area contributed by atoms with Gasteiger partial charge in [0, 0.05) is 12.5 Å². The number of cyclic esters (lactones) is 1. The summed E-state index contributed by atoms with van der Waals surface area (Å²) < 4.78 is 11.4. The Morgan fingerprint density at radius 2 is 1.49 bits per heavy atom. The zero-order valence-electron chi connectivity index (χ0n) is 22.2. The number of ether oxygens (including phenoxy) is 2. The van der Waals surface area contributed by atoms with E-state index in [9.17, 15) is 9.59 Å². The van der Waals surface area contributed by atoms with Crippen molar-refractivity contribution in [3.63, 3.8) is 0 Å². The van der Waals surface area contributed by atoms with Crippen LogP contribution in [0.3, 0.4) is 0 Å². The molecule has 0 aliphatic carbocycles. The summed E-state index contributed by atoms with van der Waals surface area (Å²) in [5.74, 6) is -0.431. The average molecular weight is 485 g/mol. The Morgan fingerprint density at radius 1 is 0.886 bits per heavy atom. The third-order valence-electron chi connectivity index (χ3n) is 7.01. The van der Waals surface area contributed by atoms with E-state index < -0.39 is 0 Å². The molecule has 1 aromatic carbocycles. The topological polar surface area (TPSA) is 52.6 Å². The van der Waals surface area contributed by atoms with Gasteiger partial charge in [-0.2, -0.15) is 0 Å². The Labute approximate surface area is 213 Å². The van der Waals surface area contributed by atoms with Gasteiger partial charge in [-0.25, -0.2) is 4.79 Å². The molecular weight excluding hydrogens is 436 g/mol. The summed E-state index contributed by atoms with van der Waals surface area (Å²) in [6.07, 6.45) is 21.3. The molecule has 0 bridgehead atoms. The van der Waals surface area contributed by atoms with E-state index in [1.165, 1.54) is 63.9 Å². The molecule has 0 spiro atoms. The number of unbranched alkanes of at least 4 members (excludes halogenated alkanes) is 11. The molecule has 1 heterocycles. The molecule has 1 aliphatic rings. The Morgan fingerprint density at radius 3 is 2.11 bits per heavy atom. The highest BCUT2D eigenvalue weighted by Crippen LogP contribution is 2.32. The fourth-order valence-corrected chi connectivity index (χ4v) is 4.80. The minimum Gasteiger partial charge on any atom is -0.461 e. The molecule has 0 unspecified atom stereocenters. The van der Waals surface area contributed by atoms with Gasteiger partial charge in [0.15, 0.2) is 0 Å². The molecule has 2 rings (SSSR count). The van der Waals surface area contributed by atoms with Crippen molar-refractivity contribution in [2.24, 2.45) is 5.92 Å². The number of hydrogen-bond acceptors (Lipinski definition) is 4. The predicted octanol–water partition coefficient (Wildman–Crippen LogP) is 8.43. The van der Waals surface area contributed by atoms with Crippen LogP contribution in [0, 0.1) is 5.92 Å². The number of carbonyl (C=O) groups excluding carboxylic acids is 2. The summed E-state index contributed by atoms with van der Waals surface area (Å²) in [7, 11) is 0. The second-order valence-corrected chi connectivity index (χ2v) is 10.1. The van der Waals surface area contributed by atoms with Gasteiger partial charge in [-0.3, -0.25) is 4.79 Å². The maximum absolute atomic E-state index is 12.5. The van der Waals surface area contributed by atoms with Gasteiger partial charge in [0.2, 0.25) is 0 Å². The third-order valence-corrected chi connectivity index (χ3v) is 7.01. The van der Waals surface area contributed by atoms with Crippen molar-refractivity contribution in [2.75, 3.05) is 0 Å². The predicted molar refractivity (Wildman–Crippen MR) is 144 cm³/mol. The van der Waals surface area contributed by atoms with Crippen molar-refractivity contribution in [3.8, 4) is 0 Å². The number of rotatable bonds is 20. The molecule has 0 radical (unpaired) electrons. The summed E-state index contributed by atoms with van der Waals surface area (Å²) in [5, 5.41) is 0. The number of carbonyl (C=O) groups is 2. The van der Waals surface area contributed by atoms with Crippen LogP contribution in [0.4, 0.5) is 0 Å². The van der Waals surface area contributed by atoms with E-state index >= 15 is 0 Å². The van der Waals surface area contributed by atoms with Gasteiger partial charge in [-0.1, -0.05) is 121 Å². The Hall–Kier alpha value is -2.10. The van der Waals surface area contributed by atoms with Gasteiger partial charge in [0.05, 0.1) is 5.92 Å². The Kier molecular flexibility index (Phi) is 15.2. The van der Waals surface area contributed by atoms with Crippen LogP contribution in [0.25, 0.3) is 6.08 Å². The normalized spacial score (nSPS) is 18.3. The molecule has 1 saturated heterocycles. The zero-order chi connectivity index (χ0) is 25.1. The Bertz CT molecular complexity index is 727. The molecule has 196 valence electrons. The molecule has 0 aromatic heterocycles. The number of hydrogen-bond donors (Lipinski definition) is 0. The quantitative estimate of drug-likeness (QED) is 0.106. The molecule has 4 heteroatoms. The van der Waals surface area contributed by atoms with E-state index in [0.29, 0.717) is 6.42 Å². The lowest BCUT2D eigenvalue weighted by Crippen LogP contribution is -2.47. The molecule has 1 fully saturated rings. The maximum atomic E-state index is 12.5. The van der Waals surface area contributed by atoms with Crippen molar-refractivity contribution in [1.82, 2.24) is 0 Å². The molecule has 0 N–H and O–H groups in total. The highest BCUT2D eigenvalue weighted by Gasteiger charge is 2.43. The second-order valence-electron chi connectivity index (χ2n) is 10.1. The fourth-order valence-electron chi connectivity index (χ4n) is 4.80. The first kappa shape index (κ1) is 29.1. The van der Waals surface area contributed by atoms with Crippen LogP contribution in [0.1, 0.15) is 122 Å². The monoisotopic (exact) mass is 484 g/mol. The largest absolute Gasteiger partial charge is 0.461 e. The van der Waals surface area contributed by atoms with E-state index in [2.05, 4.69) is 13.8 Å². The fraction of sp³-hybridized carbons (Fsp3) is 0.677. The van der Waals surface area contributed by atoms with Crippen LogP contribution in [0.5, 0.6) is 0 Å². The Balaban J connectivity index is 1.80. The van der Waals surface area contributed by atoms with Crippen molar-refractivity contribution >= 4 is 18.0 Å². The standard InChI is InChI=1S/C31H48O4/c1-3-5-7-9-10-11-12-13-17-21-27(34-30(32)24-23-26-19-15-14-16-20-26)25-29-28(31(33)35-29)22-18-8-6-4-2/h14-16,19-20,23-24,27-29H,3-13,17-18,21-22,25H2,1-2H3/t27-,28-,29-/m0/s1. The smallest absolute Gasteiger partial charge is 0.331 e. The van der Waals surface area contributed by atoms with Crippen molar-refractivity contribution in [1.29, 1.82) is 0 Å². The SMILES string of the molecule is CCCCCCCCCCC[C@@H](C[C@@H]1OC(=O)[C@H]1CCCCCC)OC(=O)C=Cc1ccccc1. The minimum atomic E-state index is -0.320. The lowest BCUT2D eigenvalue weighted by molar-refractivity contribution is -0.189. The number of benzene rings is 1. The maximum Gasteiger partial charge on any atom is 0.331 e. The van der Waals surface area contributed by atoms with Crippen molar-refractivity contribution in [2.45, 2.75) is 129 Å². The first-order valence-electron chi connectivity index (χ1n) is 14.3. The van der Waals surface area contributed by atoms with Gasteiger partial charge >= 0.3 is 11.9 Å². The van der Waals surface area contributed by atoms with Gasteiger partial charge in [-0.15, -0.1) is 0 Å². The van der Waals surface area contributed by atoms with Crippen LogP contribution in [0.2, 0.25) is 0 Å². The van der Waals surface area contributed by atoms with Crippen molar-refractivity contribution in [3.05, 3.63) is 42.0 Å². The van der Waals surface area contributed by atoms with E-state index in [4.69, 9.17) is 9.47 Å². The van der Waals surface area contributed by atoms with E-state index in [1.54, 1.807) is 6.08 Å². The molecule has 1 aliphatic heterocycles. The minimum absolute atomic E-state index is 0.0314. The molecule has 0 saturated carbocycles. The van der Waals surface area contributed by atoms with Crippen molar-refractivity contribution < 1.29 is 19.1 Å². The van der Waals surface area contributed by atoms with Crippen LogP contribution >= 0.6 is 0 Å². The molecule has 0 amide bonds. The molecule has 3 atom stereocenters. The molecule has 4 nitrogen and oxygen atoms in total. The summed E-state index contributed by atoms with van der Waals surface area (Å²) in [6.45, 7) is 4.44. The number of esters is 2. The van der Waals surface area contributed by atoms with Crippen LogP contribution in [0.15, 0.2) is 36.4 Å². The third kappa shape index (κ3) is 12.4. The van der Waals surface area contributed by atoms with E-state index in [0.717, 1.165) is 44.1 Å². The first-order valence-corrected chi connectivity index (χ1v) is 14.3. The van der Waals surface area contributed by atoms with Crippen LogP contribution < -0.4 is 0 Å². The van der Waals surface area contributed by atoms with Crippen LogP contribution in [-0.2, 0) is 19.1 Å². The first-order chi connectivity index (χ1) is 17.1. The van der Waals surface area contributed by atoms with Gasteiger partial charge < -0.3 is 9.47 Å². The van der Waals surface area contributed by atoms with E-state index in [-0.39, 0.29) is 30.1 Å². The summed E-state index contributed by atoms with van der Waals surface area (Å²) in [5.41, 5.74) is 0.972. The summed E-state index contributed by atoms with van der Waals surface area (Å²) in [4.78, 5) is 24.6. The highest BCUT2D eigenvalue weighted by atomic mass is 16.6. The molecule has 1 aromatic rings. The second kappa shape index (κ2) is 18.2. The molecular formula is C31H48O4. The molecule has 35 heavy (non-hydrogen) atoms. The van der Waals surface area contributed by atoms with Gasteiger partial charge in [0.25, 0.3) is 0 Å². The summed E-state index contributed by atoms with van der Waals surface area (Å²) in [6, 6.07) is 9.77. The van der Waals surface area contributed by atoms with Crippen LogP contribution in [-0.4, -0.2) is 24.1 Å². The zero-order valence-corrected chi connectivity index (χ0v) is 22.2. The van der Waals surface area contributed by atoms with Gasteiger partial charge in [-0.05, 0) is 30.9 Å². The average Bonchev–Trinajstić information content (AvgIpc) is 2.86. The van der Waals surface area contributed by atoms with E-state index in [1.807, 2.05) is 30.3 Å². The lowest BCUT2D eigenvalue weighted by atomic mass is 9.86. The highest BCUT2D eigenvalue weighted by molar-refractivity contribution is 5.87.